The largest absolute Gasteiger partial charge is 0.480 e. The number of ether oxygens (including phenoxy) is 1. The molecule has 96 valence electrons. The monoisotopic (exact) mass is 243 g/mol. The number of hydrogen-bond acceptors (Lipinski definition) is 4. The van der Waals surface area contributed by atoms with Gasteiger partial charge < -0.3 is 15.2 Å². The van der Waals surface area contributed by atoms with Crippen molar-refractivity contribution in [1.29, 1.82) is 0 Å². The molecular formula is C11H17NO5. The summed E-state index contributed by atoms with van der Waals surface area (Å²) in [6.07, 6.45) is -0.565. The standard InChI is InChI=1S/C11H17NO5/c1-4-6(10(14)15)12-9(13)8-7(5(2)3)11(16)17-8/h5-8H,4H2,1-3H3,(H,12,13)(H,14,15)/t6-,7-,8+/m0/s1. The molecule has 0 aromatic heterocycles. The highest BCUT2D eigenvalue weighted by Crippen LogP contribution is 2.29. The van der Waals surface area contributed by atoms with E-state index in [0.29, 0.717) is 0 Å². The van der Waals surface area contributed by atoms with Crippen LogP contribution in [0.15, 0.2) is 0 Å². The zero-order chi connectivity index (χ0) is 13.2. The van der Waals surface area contributed by atoms with Gasteiger partial charge in [-0.05, 0) is 12.3 Å². The highest BCUT2D eigenvalue weighted by atomic mass is 16.6. The van der Waals surface area contributed by atoms with Crippen molar-refractivity contribution in [3.05, 3.63) is 0 Å². The smallest absolute Gasteiger partial charge is 0.326 e. The summed E-state index contributed by atoms with van der Waals surface area (Å²) >= 11 is 0. The lowest BCUT2D eigenvalue weighted by Gasteiger charge is -2.36. The number of aliphatic carboxylic acids is 1. The minimum atomic E-state index is -1.09. The van der Waals surface area contributed by atoms with Crippen molar-refractivity contribution >= 4 is 17.8 Å². The Morgan fingerprint density at radius 3 is 2.41 bits per heavy atom. The molecule has 2 N–H and O–H groups in total. The minimum absolute atomic E-state index is 0.00287. The summed E-state index contributed by atoms with van der Waals surface area (Å²) in [7, 11) is 0. The fraction of sp³-hybridized carbons (Fsp3) is 0.727. The normalized spacial score (nSPS) is 24.8. The van der Waals surface area contributed by atoms with Crippen LogP contribution >= 0.6 is 0 Å². The molecule has 6 nitrogen and oxygen atoms in total. The molecular weight excluding hydrogens is 226 g/mol. The number of cyclic esters (lactones) is 1. The van der Waals surface area contributed by atoms with Crippen LogP contribution in [0.1, 0.15) is 27.2 Å². The number of hydrogen-bond donors (Lipinski definition) is 2. The van der Waals surface area contributed by atoms with E-state index in [4.69, 9.17) is 9.84 Å². The van der Waals surface area contributed by atoms with Crippen LogP contribution in [0.5, 0.6) is 0 Å². The molecule has 1 saturated heterocycles. The van der Waals surface area contributed by atoms with Gasteiger partial charge in [0.1, 0.15) is 12.0 Å². The Kier molecular flexibility index (Phi) is 4.09. The second-order valence-corrected chi connectivity index (χ2v) is 4.43. The molecule has 6 heteroatoms. The fourth-order valence-electron chi connectivity index (χ4n) is 1.76. The Morgan fingerprint density at radius 1 is 1.47 bits per heavy atom. The van der Waals surface area contributed by atoms with E-state index in [1.165, 1.54) is 0 Å². The number of carbonyl (C=O) groups is 3. The number of nitrogens with one attached hydrogen (secondary N) is 1. The molecule has 1 fully saturated rings. The Labute approximate surface area is 99.3 Å². The van der Waals surface area contributed by atoms with Crippen molar-refractivity contribution in [3.63, 3.8) is 0 Å². The van der Waals surface area contributed by atoms with Crippen LogP contribution in [0.25, 0.3) is 0 Å². The first-order chi connectivity index (χ1) is 7.88. The first-order valence-corrected chi connectivity index (χ1v) is 5.62. The first kappa shape index (κ1) is 13.5. The summed E-state index contributed by atoms with van der Waals surface area (Å²) in [5.74, 6) is -2.49. The van der Waals surface area contributed by atoms with Gasteiger partial charge in [-0.25, -0.2) is 4.79 Å². The molecule has 0 saturated carbocycles. The van der Waals surface area contributed by atoms with Crippen LogP contribution in [0.3, 0.4) is 0 Å². The van der Waals surface area contributed by atoms with E-state index in [1.807, 2.05) is 13.8 Å². The number of carbonyl (C=O) groups excluding carboxylic acids is 2. The first-order valence-electron chi connectivity index (χ1n) is 5.62. The average molecular weight is 243 g/mol. The number of rotatable bonds is 5. The Morgan fingerprint density at radius 2 is 2.06 bits per heavy atom. The predicted octanol–water partition coefficient (Wildman–Crippen LogP) is 0.163. The zero-order valence-corrected chi connectivity index (χ0v) is 10.1. The molecule has 0 spiro atoms. The van der Waals surface area contributed by atoms with Gasteiger partial charge in [-0.15, -0.1) is 0 Å². The molecule has 1 heterocycles. The van der Waals surface area contributed by atoms with Gasteiger partial charge in [0.15, 0.2) is 6.10 Å². The molecule has 1 aliphatic rings. The molecule has 1 amide bonds. The summed E-state index contributed by atoms with van der Waals surface area (Å²) < 4.78 is 4.76. The van der Waals surface area contributed by atoms with E-state index in [-0.39, 0.29) is 12.3 Å². The van der Waals surface area contributed by atoms with Gasteiger partial charge in [0.2, 0.25) is 0 Å². The van der Waals surface area contributed by atoms with Gasteiger partial charge in [-0.2, -0.15) is 0 Å². The van der Waals surface area contributed by atoms with Crippen molar-refractivity contribution in [3.8, 4) is 0 Å². The van der Waals surface area contributed by atoms with Gasteiger partial charge in [-0.3, -0.25) is 9.59 Å². The van der Waals surface area contributed by atoms with E-state index < -0.39 is 35.9 Å². The van der Waals surface area contributed by atoms with E-state index in [1.54, 1.807) is 6.92 Å². The van der Waals surface area contributed by atoms with Crippen molar-refractivity contribution in [1.82, 2.24) is 5.32 Å². The van der Waals surface area contributed by atoms with Gasteiger partial charge in [-0.1, -0.05) is 20.8 Å². The Balaban J connectivity index is 2.60. The second-order valence-electron chi connectivity index (χ2n) is 4.43. The fourth-order valence-corrected chi connectivity index (χ4v) is 1.76. The number of carboxylic acid groups (broad SMARTS) is 1. The molecule has 0 bridgehead atoms. The predicted molar refractivity (Wildman–Crippen MR) is 58.1 cm³/mol. The van der Waals surface area contributed by atoms with Crippen molar-refractivity contribution in [2.75, 3.05) is 0 Å². The third kappa shape index (κ3) is 2.75. The van der Waals surface area contributed by atoms with Crippen LogP contribution in [0.2, 0.25) is 0 Å². The summed E-state index contributed by atoms with van der Waals surface area (Å²) in [6, 6.07) is -0.936. The maximum atomic E-state index is 11.7. The van der Waals surface area contributed by atoms with E-state index in [2.05, 4.69) is 5.32 Å². The lowest BCUT2D eigenvalue weighted by Crippen LogP contribution is -2.58. The van der Waals surface area contributed by atoms with Gasteiger partial charge in [0.05, 0.1) is 0 Å². The van der Waals surface area contributed by atoms with Crippen molar-refractivity contribution < 1.29 is 24.2 Å². The van der Waals surface area contributed by atoms with Crippen LogP contribution < -0.4 is 5.32 Å². The Bertz CT molecular complexity index is 339. The SMILES string of the molecule is CC[C@H](NC(=O)[C@@H]1OC(=O)[C@H]1C(C)C)C(=O)O. The van der Waals surface area contributed by atoms with Crippen molar-refractivity contribution in [2.45, 2.75) is 39.3 Å². The quantitative estimate of drug-likeness (QED) is 0.671. The molecule has 1 aliphatic heterocycles. The molecule has 0 unspecified atom stereocenters. The van der Waals surface area contributed by atoms with E-state index in [0.717, 1.165) is 0 Å². The summed E-state index contributed by atoms with van der Waals surface area (Å²) in [5.41, 5.74) is 0. The minimum Gasteiger partial charge on any atom is -0.480 e. The van der Waals surface area contributed by atoms with Crippen LogP contribution in [-0.2, 0) is 19.1 Å². The number of esters is 1. The maximum Gasteiger partial charge on any atom is 0.326 e. The van der Waals surface area contributed by atoms with Crippen LogP contribution in [0, 0.1) is 11.8 Å². The molecule has 1 rings (SSSR count). The van der Waals surface area contributed by atoms with Gasteiger partial charge >= 0.3 is 11.9 Å². The maximum absolute atomic E-state index is 11.7. The van der Waals surface area contributed by atoms with Crippen LogP contribution in [-0.4, -0.2) is 35.1 Å². The molecule has 3 atom stereocenters. The zero-order valence-electron chi connectivity index (χ0n) is 10.1. The van der Waals surface area contributed by atoms with Crippen LogP contribution in [0.4, 0.5) is 0 Å². The van der Waals surface area contributed by atoms with Gasteiger partial charge in [0, 0.05) is 0 Å². The van der Waals surface area contributed by atoms with E-state index >= 15 is 0 Å². The third-order valence-corrected chi connectivity index (χ3v) is 2.84. The number of carboxylic acids is 1. The lowest BCUT2D eigenvalue weighted by molar-refractivity contribution is -0.193. The highest BCUT2D eigenvalue weighted by molar-refractivity contribution is 5.95. The summed E-state index contributed by atoms with van der Waals surface area (Å²) in [6.45, 7) is 5.30. The lowest BCUT2D eigenvalue weighted by atomic mass is 9.85. The highest BCUT2D eigenvalue weighted by Gasteiger charge is 2.49. The second kappa shape index (κ2) is 5.16. The van der Waals surface area contributed by atoms with Gasteiger partial charge in [0.25, 0.3) is 5.91 Å². The molecule has 0 aromatic rings. The summed E-state index contributed by atoms with van der Waals surface area (Å²) in [4.78, 5) is 33.6. The summed E-state index contributed by atoms with van der Waals surface area (Å²) in [5, 5.41) is 11.2. The molecule has 0 aliphatic carbocycles. The number of amides is 1. The molecule has 17 heavy (non-hydrogen) atoms. The van der Waals surface area contributed by atoms with Crippen molar-refractivity contribution in [2.24, 2.45) is 11.8 Å². The average Bonchev–Trinajstić information content (AvgIpc) is 2.20. The molecule has 0 aromatic carbocycles. The Hall–Kier alpha value is -1.59. The molecule has 0 radical (unpaired) electrons. The topological polar surface area (TPSA) is 92.7 Å². The van der Waals surface area contributed by atoms with E-state index in [9.17, 15) is 14.4 Å². The third-order valence-electron chi connectivity index (χ3n) is 2.84.